The van der Waals surface area contributed by atoms with E-state index >= 15 is 0 Å². The molecule has 1 unspecified atom stereocenters. The molecule has 1 amide bonds. The number of nitrogens with two attached hydrogens (primary N) is 1. The van der Waals surface area contributed by atoms with Gasteiger partial charge in [-0.05, 0) is 37.7 Å². The summed E-state index contributed by atoms with van der Waals surface area (Å²) in [4.78, 5) is 12.1. The van der Waals surface area contributed by atoms with Gasteiger partial charge in [0.15, 0.2) is 0 Å². The minimum atomic E-state index is -0.730. The first-order valence-electron chi connectivity index (χ1n) is 7.17. The molecule has 1 aromatic rings. The zero-order valence-electron chi connectivity index (χ0n) is 11.9. The van der Waals surface area contributed by atoms with Gasteiger partial charge in [0.2, 0.25) is 5.91 Å². The Morgan fingerprint density at radius 2 is 2.00 bits per heavy atom. The lowest BCUT2D eigenvalue weighted by Gasteiger charge is -2.38. The quantitative estimate of drug-likeness (QED) is 0.855. The van der Waals surface area contributed by atoms with Gasteiger partial charge in [-0.25, -0.2) is 0 Å². The Hall–Kier alpha value is -1.35. The van der Waals surface area contributed by atoms with Gasteiger partial charge in [0.05, 0.1) is 5.54 Å². The summed E-state index contributed by atoms with van der Waals surface area (Å²) in [6, 6.07) is 10.8. The van der Waals surface area contributed by atoms with Gasteiger partial charge < -0.3 is 11.1 Å². The van der Waals surface area contributed by atoms with Crippen molar-refractivity contribution < 1.29 is 4.79 Å². The smallest absolute Gasteiger partial charge is 0.240 e. The molecule has 1 saturated carbocycles. The number of benzene rings is 1. The maximum absolute atomic E-state index is 12.1. The molecule has 0 saturated heterocycles. The van der Waals surface area contributed by atoms with Crippen LogP contribution in [0.25, 0.3) is 0 Å². The zero-order chi connectivity index (χ0) is 13.9. The first kappa shape index (κ1) is 14.1. The molecule has 104 valence electrons. The molecule has 0 bridgehead atoms. The fourth-order valence-electron chi connectivity index (χ4n) is 2.72. The van der Waals surface area contributed by atoms with Crippen LogP contribution in [-0.4, -0.2) is 17.5 Å². The highest BCUT2D eigenvalue weighted by Gasteiger charge is 2.35. The van der Waals surface area contributed by atoms with Gasteiger partial charge in [-0.15, -0.1) is 0 Å². The summed E-state index contributed by atoms with van der Waals surface area (Å²) >= 11 is 0. The van der Waals surface area contributed by atoms with Gasteiger partial charge in [-0.1, -0.05) is 43.7 Å². The largest absolute Gasteiger partial charge is 0.352 e. The van der Waals surface area contributed by atoms with Crippen LogP contribution >= 0.6 is 0 Å². The average molecular weight is 260 g/mol. The van der Waals surface area contributed by atoms with Crippen LogP contribution in [0, 0.1) is 0 Å². The first-order chi connectivity index (χ1) is 9.03. The van der Waals surface area contributed by atoms with E-state index < -0.39 is 5.54 Å². The van der Waals surface area contributed by atoms with E-state index in [-0.39, 0.29) is 11.9 Å². The third-order valence-corrected chi connectivity index (χ3v) is 4.03. The van der Waals surface area contributed by atoms with Crippen molar-refractivity contribution in [1.29, 1.82) is 0 Å². The molecular weight excluding hydrogens is 236 g/mol. The number of hydrogen-bond donors (Lipinski definition) is 2. The van der Waals surface area contributed by atoms with Crippen molar-refractivity contribution in [2.24, 2.45) is 5.73 Å². The molecular formula is C16H24N2O. The normalized spacial score (nSPS) is 25.2. The van der Waals surface area contributed by atoms with Gasteiger partial charge in [0, 0.05) is 6.04 Å². The van der Waals surface area contributed by atoms with E-state index in [4.69, 9.17) is 5.73 Å². The third kappa shape index (κ3) is 3.35. The SMILES string of the molecule is CCCC(C)(N)C(=O)NC1CC(c2ccccc2)C1. The van der Waals surface area contributed by atoms with Gasteiger partial charge in [-0.3, -0.25) is 4.79 Å². The summed E-state index contributed by atoms with van der Waals surface area (Å²) in [7, 11) is 0. The Labute approximate surface area is 115 Å². The molecule has 19 heavy (non-hydrogen) atoms. The minimum Gasteiger partial charge on any atom is -0.352 e. The number of carbonyl (C=O) groups excluding carboxylic acids is 1. The van der Waals surface area contributed by atoms with E-state index in [9.17, 15) is 4.79 Å². The van der Waals surface area contributed by atoms with Crippen LogP contribution < -0.4 is 11.1 Å². The molecule has 0 aromatic heterocycles. The first-order valence-corrected chi connectivity index (χ1v) is 7.17. The molecule has 1 aliphatic rings. The van der Waals surface area contributed by atoms with Crippen LogP contribution in [-0.2, 0) is 4.79 Å². The van der Waals surface area contributed by atoms with E-state index in [0.717, 1.165) is 25.7 Å². The van der Waals surface area contributed by atoms with Crippen molar-refractivity contribution in [2.75, 3.05) is 0 Å². The summed E-state index contributed by atoms with van der Waals surface area (Å²) in [5, 5.41) is 3.08. The highest BCUT2D eigenvalue weighted by Crippen LogP contribution is 2.36. The lowest BCUT2D eigenvalue weighted by Crippen LogP contribution is -2.56. The van der Waals surface area contributed by atoms with Crippen molar-refractivity contribution in [3.63, 3.8) is 0 Å². The predicted octanol–water partition coefficient (Wildman–Crippen LogP) is 2.57. The van der Waals surface area contributed by atoms with Crippen molar-refractivity contribution in [2.45, 2.75) is 57.0 Å². The summed E-state index contributed by atoms with van der Waals surface area (Å²) < 4.78 is 0. The Balaban J connectivity index is 1.81. The molecule has 0 spiro atoms. The van der Waals surface area contributed by atoms with Gasteiger partial charge in [0.25, 0.3) is 0 Å². The Kier molecular flexibility index (Phi) is 4.25. The number of hydrogen-bond acceptors (Lipinski definition) is 2. The second kappa shape index (κ2) is 5.74. The van der Waals surface area contributed by atoms with Crippen LogP contribution in [0.3, 0.4) is 0 Å². The Morgan fingerprint density at radius 1 is 1.37 bits per heavy atom. The third-order valence-electron chi connectivity index (χ3n) is 4.03. The molecule has 3 N–H and O–H groups in total. The highest BCUT2D eigenvalue weighted by molar-refractivity contribution is 5.85. The van der Waals surface area contributed by atoms with Crippen molar-refractivity contribution in [3.05, 3.63) is 35.9 Å². The molecule has 3 heteroatoms. The molecule has 1 aromatic carbocycles. The van der Waals surface area contributed by atoms with Crippen LogP contribution in [0.2, 0.25) is 0 Å². The molecule has 0 aliphatic heterocycles. The number of amides is 1. The Bertz CT molecular complexity index is 422. The van der Waals surface area contributed by atoms with Gasteiger partial charge in [0.1, 0.15) is 0 Å². The highest BCUT2D eigenvalue weighted by atomic mass is 16.2. The maximum atomic E-state index is 12.1. The topological polar surface area (TPSA) is 55.1 Å². The molecule has 1 aliphatic carbocycles. The fraction of sp³-hybridized carbons (Fsp3) is 0.562. The summed E-state index contributed by atoms with van der Waals surface area (Å²) in [5.74, 6) is 0.576. The van der Waals surface area contributed by atoms with Gasteiger partial charge in [-0.2, -0.15) is 0 Å². The molecule has 2 rings (SSSR count). The van der Waals surface area contributed by atoms with E-state index in [1.807, 2.05) is 19.9 Å². The average Bonchev–Trinajstić information content (AvgIpc) is 2.34. The van der Waals surface area contributed by atoms with Crippen LogP contribution in [0.4, 0.5) is 0 Å². The maximum Gasteiger partial charge on any atom is 0.240 e. The monoisotopic (exact) mass is 260 g/mol. The van der Waals surface area contributed by atoms with E-state index in [2.05, 4.69) is 29.6 Å². The van der Waals surface area contributed by atoms with Crippen LogP contribution in [0.5, 0.6) is 0 Å². The van der Waals surface area contributed by atoms with Crippen molar-refractivity contribution in [3.8, 4) is 0 Å². The molecule has 0 heterocycles. The predicted molar refractivity (Wildman–Crippen MR) is 77.8 cm³/mol. The second-order valence-corrected chi connectivity index (χ2v) is 5.92. The number of nitrogens with one attached hydrogen (secondary N) is 1. The second-order valence-electron chi connectivity index (χ2n) is 5.92. The van der Waals surface area contributed by atoms with Gasteiger partial charge >= 0.3 is 0 Å². The summed E-state index contributed by atoms with van der Waals surface area (Å²) in [6.45, 7) is 3.87. The summed E-state index contributed by atoms with van der Waals surface area (Å²) in [6.07, 6.45) is 3.71. The molecule has 3 nitrogen and oxygen atoms in total. The summed E-state index contributed by atoms with van der Waals surface area (Å²) in [5.41, 5.74) is 6.67. The lowest BCUT2D eigenvalue weighted by molar-refractivity contribution is -0.127. The zero-order valence-corrected chi connectivity index (χ0v) is 11.9. The fourth-order valence-corrected chi connectivity index (χ4v) is 2.72. The molecule has 0 radical (unpaired) electrons. The van der Waals surface area contributed by atoms with Crippen LogP contribution in [0.1, 0.15) is 51.0 Å². The van der Waals surface area contributed by atoms with E-state index in [1.165, 1.54) is 5.56 Å². The molecule has 1 atom stereocenters. The van der Waals surface area contributed by atoms with Crippen molar-refractivity contribution >= 4 is 5.91 Å². The Morgan fingerprint density at radius 3 is 2.58 bits per heavy atom. The number of rotatable bonds is 5. The van der Waals surface area contributed by atoms with Crippen molar-refractivity contribution in [1.82, 2.24) is 5.32 Å². The number of carbonyl (C=O) groups is 1. The lowest BCUT2D eigenvalue weighted by atomic mass is 9.75. The standard InChI is InChI=1S/C16H24N2O/c1-3-9-16(2,17)15(19)18-14-10-13(11-14)12-7-5-4-6-8-12/h4-8,13-14H,3,9-11,17H2,1-2H3,(H,18,19). The van der Waals surface area contributed by atoms with E-state index in [1.54, 1.807) is 0 Å². The molecule has 1 fully saturated rings. The van der Waals surface area contributed by atoms with E-state index in [0.29, 0.717) is 5.92 Å². The van der Waals surface area contributed by atoms with Crippen LogP contribution in [0.15, 0.2) is 30.3 Å². The minimum absolute atomic E-state index is 0.00846.